The van der Waals surface area contributed by atoms with E-state index in [0.717, 1.165) is 23.0 Å². The maximum absolute atomic E-state index is 13.7. The Morgan fingerprint density at radius 3 is 2.39 bits per heavy atom. The van der Waals surface area contributed by atoms with E-state index < -0.39 is 62.9 Å². The van der Waals surface area contributed by atoms with Gasteiger partial charge in [-0.05, 0) is 36.1 Å². The zero-order valence-electron chi connectivity index (χ0n) is 17.4. The van der Waals surface area contributed by atoms with Gasteiger partial charge >= 0.3 is 0 Å². The molecule has 0 radical (unpaired) electrons. The highest BCUT2D eigenvalue weighted by molar-refractivity contribution is 7.98. The van der Waals surface area contributed by atoms with Crippen LogP contribution in [0.25, 0.3) is 0 Å². The molecule has 0 fully saturated rings. The molecule has 0 saturated carbocycles. The summed E-state index contributed by atoms with van der Waals surface area (Å²) < 4.78 is 52.0. The molecule has 1 aromatic carbocycles. The minimum absolute atomic E-state index is 0.0517. The number of anilines is 1. The molecule has 15 heteroatoms. The molecular formula is C18H23F2N3O7S3. The molecule has 10 nitrogen and oxygen atoms in total. The number of carbonyl (C=O) groups is 1. The molecule has 1 aromatic heterocycles. The molecule has 0 aliphatic heterocycles. The number of nitrogens with zero attached hydrogens (tertiary/aromatic N) is 1. The number of aliphatic hydroxyl groups is 4. The third kappa shape index (κ3) is 7.30. The van der Waals surface area contributed by atoms with Crippen molar-refractivity contribution in [2.75, 3.05) is 23.0 Å². The highest BCUT2D eigenvalue weighted by atomic mass is 32.2. The Morgan fingerprint density at radius 1 is 1.24 bits per heavy atom. The summed E-state index contributed by atoms with van der Waals surface area (Å²) in [4.78, 5) is 16.4. The van der Waals surface area contributed by atoms with Gasteiger partial charge in [-0.1, -0.05) is 0 Å². The van der Waals surface area contributed by atoms with Gasteiger partial charge in [0.25, 0.3) is 5.91 Å². The number of hydrogen-bond donors (Lipinski definition) is 6. The van der Waals surface area contributed by atoms with E-state index in [4.69, 9.17) is 0 Å². The van der Waals surface area contributed by atoms with Crippen molar-refractivity contribution in [3.8, 4) is 0 Å². The van der Waals surface area contributed by atoms with Gasteiger partial charge in [0.2, 0.25) is 10.0 Å². The van der Waals surface area contributed by atoms with E-state index >= 15 is 0 Å². The van der Waals surface area contributed by atoms with Gasteiger partial charge in [0, 0.05) is 11.4 Å². The van der Waals surface area contributed by atoms with Gasteiger partial charge in [0.05, 0.1) is 12.4 Å². The maximum Gasteiger partial charge on any atom is 0.273 e. The maximum atomic E-state index is 13.7. The Morgan fingerprint density at radius 2 is 1.85 bits per heavy atom. The van der Waals surface area contributed by atoms with Gasteiger partial charge in [-0.3, -0.25) is 9.52 Å². The van der Waals surface area contributed by atoms with Crippen LogP contribution in [-0.2, 0) is 10.0 Å². The van der Waals surface area contributed by atoms with Gasteiger partial charge in [-0.15, -0.1) is 11.3 Å². The van der Waals surface area contributed by atoms with Crippen molar-refractivity contribution >= 4 is 44.2 Å². The predicted octanol–water partition coefficient (Wildman–Crippen LogP) is 0.420. The van der Waals surface area contributed by atoms with Gasteiger partial charge in [-0.25, -0.2) is 22.2 Å². The van der Waals surface area contributed by atoms with E-state index in [1.54, 1.807) is 6.26 Å². The van der Waals surface area contributed by atoms with E-state index in [1.165, 1.54) is 11.8 Å². The van der Waals surface area contributed by atoms with Gasteiger partial charge in [-0.2, -0.15) is 11.8 Å². The summed E-state index contributed by atoms with van der Waals surface area (Å²) in [6.45, 7) is 0. The molecule has 1 amide bonds. The highest BCUT2D eigenvalue weighted by Gasteiger charge is 2.48. The number of aliphatic hydroxyl groups excluding tert-OH is 3. The second-order valence-corrected chi connectivity index (χ2v) is 10.7. The fraction of sp³-hybridized carbons (Fsp3) is 0.444. The van der Waals surface area contributed by atoms with E-state index in [0.29, 0.717) is 24.0 Å². The Kier molecular flexibility index (Phi) is 9.15. The third-order valence-corrected chi connectivity index (χ3v) is 6.47. The summed E-state index contributed by atoms with van der Waals surface area (Å²) in [5, 5.41) is 45.6. The topological polar surface area (TPSA) is 169 Å². The summed E-state index contributed by atoms with van der Waals surface area (Å²) >= 11 is 2.06. The average molecular weight is 528 g/mol. The van der Waals surface area contributed by atoms with Crippen LogP contribution in [-0.4, -0.2) is 75.9 Å². The van der Waals surface area contributed by atoms with Crippen LogP contribution in [0.15, 0.2) is 23.6 Å². The normalized spacial score (nSPS) is 16.5. The lowest BCUT2D eigenvalue weighted by Gasteiger charge is -2.39. The number of hydrogen-bond acceptors (Lipinski definition) is 10. The van der Waals surface area contributed by atoms with Crippen LogP contribution >= 0.6 is 23.1 Å². The Labute approximate surface area is 196 Å². The first kappa shape index (κ1) is 27.4. The summed E-state index contributed by atoms with van der Waals surface area (Å²) in [6.07, 6.45) is -3.58. The molecular weight excluding hydrogens is 504 g/mol. The van der Waals surface area contributed by atoms with Gasteiger partial charge in [0.15, 0.2) is 10.9 Å². The lowest BCUT2D eigenvalue weighted by atomic mass is 9.89. The van der Waals surface area contributed by atoms with Crippen molar-refractivity contribution in [2.45, 2.75) is 30.5 Å². The molecule has 0 spiro atoms. The summed E-state index contributed by atoms with van der Waals surface area (Å²) in [6, 6.07) is 1.88. The molecule has 0 saturated heterocycles. The zero-order chi connectivity index (χ0) is 25.0. The smallest absolute Gasteiger partial charge is 0.273 e. The van der Waals surface area contributed by atoms with Crippen LogP contribution in [0, 0.1) is 11.6 Å². The quantitative estimate of drug-likeness (QED) is 0.227. The van der Waals surface area contributed by atoms with E-state index in [2.05, 4.69) is 9.71 Å². The van der Waals surface area contributed by atoms with Crippen molar-refractivity contribution in [3.63, 3.8) is 0 Å². The fourth-order valence-electron chi connectivity index (χ4n) is 2.81. The third-order valence-electron chi connectivity index (χ3n) is 4.37. The molecule has 184 valence electrons. The summed E-state index contributed by atoms with van der Waals surface area (Å²) in [7, 11) is -3.69. The lowest BCUT2D eigenvalue weighted by Crippen LogP contribution is -2.64. The number of thiazole rings is 1. The standard InChI is InChI=1S/C18H23F2N3O7S3/c1-31-4-3-13(24)15(26)18(28,14(25)9-5-10(19)7-11(20)6-9)22-16(27)12-8-32-17(21-12)23-33(2,29)30/h5-8,13-15,24-26,28H,3-4H2,1-2H3,(H,21,23)(H,22,27). The highest BCUT2D eigenvalue weighted by Crippen LogP contribution is 2.31. The Hall–Kier alpha value is -1.88. The monoisotopic (exact) mass is 527 g/mol. The van der Waals surface area contributed by atoms with E-state index in [1.807, 2.05) is 5.32 Å². The number of nitrogens with one attached hydrogen (secondary N) is 2. The second kappa shape index (κ2) is 11.0. The molecule has 4 unspecified atom stereocenters. The van der Waals surface area contributed by atoms with Crippen molar-refractivity contribution in [1.29, 1.82) is 0 Å². The molecule has 1 heterocycles. The zero-order valence-corrected chi connectivity index (χ0v) is 19.8. The average Bonchev–Trinajstić information content (AvgIpc) is 3.16. The molecule has 4 atom stereocenters. The van der Waals surface area contributed by atoms with Crippen LogP contribution in [0.4, 0.5) is 13.9 Å². The van der Waals surface area contributed by atoms with Crippen LogP contribution < -0.4 is 10.0 Å². The molecule has 0 aliphatic carbocycles. The summed E-state index contributed by atoms with van der Waals surface area (Å²) in [5.41, 5.74) is -3.93. The lowest BCUT2D eigenvalue weighted by molar-refractivity contribution is -0.190. The number of carbonyl (C=O) groups excluding carboxylic acids is 1. The fourth-order valence-corrected chi connectivity index (χ4v) is 4.83. The number of amides is 1. The number of thioether (sulfide) groups is 1. The van der Waals surface area contributed by atoms with Crippen molar-refractivity contribution in [1.82, 2.24) is 10.3 Å². The molecule has 2 rings (SSSR count). The first-order valence-electron chi connectivity index (χ1n) is 9.24. The molecule has 0 aliphatic rings. The second-order valence-electron chi connectivity index (χ2n) is 7.09. The van der Waals surface area contributed by atoms with Crippen molar-refractivity contribution in [2.24, 2.45) is 0 Å². The molecule has 2 aromatic rings. The molecule has 33 heavy (non-hydrogen) atoms. The minimum Gasteiger partial charge on any atom is -0.390 e. The van der Waals surface area contributed by atoms with Gasteiger partial charge in [0.1, 0.15) is 29.5 Å². The van der Waals surface area contributed by atoms with Gasteiger partial charge < -0.3 is 25.7 Å². The summed E-state index contributed by atoms with van der Waals surface area (Å²) in [5.74, 6) is -3.00. The van der Waals surface area contributed by atoms with Crippen LogP contribution in [0.1, 0.15) is 28.6 Å². The number of halogens is 2. The van der Waals surface area contributed by atoms with E-state index in [-0.39, 0.29) is 11.6 Å². The SMILES string of the molecule is CSCCC(O)C(O)C(O)(NC(=O)c1csc(NS(C)(=O)=O)n1)C(O)c1cc(F)cc(F)c1. The van der Waals surface area contributed by atoms with E-state index in [9.17, 15) is 42.4 Å². The first-order chi connectivity index (χ1) is 15.3. The molecule has 0 bridgehead atoms. The number of aromatic nitrogens is 1. The number of benzene rings is 1. The van der Waals surface area contributed by atoms with Crippen LogP contribution in [0.2, 0.25) is 0 Å². The molecule has 6 N–H and O–H groups in total. The van der Waals surface area contributed by atoms with Crippen molar-refractivity contribution in [3.05, 3.63) is 46.5 Å². The largest absolute Gasteiger partial charge is 0.390 e. The van der Waals surface area contributed by atoms with Crippen LogP contribution in [0.3, 0.4) is 0 Å². The predicted molar refractivity (Wildman–Crippen MR) is 119 cm³/mol. The first-order valence-corrected chi connectivity index (χ1v) is 13.4. The number of sulfonamides is 1. The van der Waals surface area contributed by atoms with Crippen molar-refractivity contribution < 1.29 is 42.4 Å². The van der Waals surface area contributed by atoms with Crippen LogP contribution in [0.5, 0.6) is 0 Å². The Balaban J connectivity index is 2.40. The Bertz CT molecular complexity index is 1070. The minimum atomic E-state index is -3.69. The number of rotatable bonds is 11.